The van der Waals surface area contributed by atoms with Crippen LogP contribution in [0, 0.1) is 0 Å². The van der Waals surface area contributed by atoms with Crippen molar-refractivity contribution in [1.29, 1.82) is 0 Å². The monoisotopic (exact) mass is 1260 g/mol. The smallest absolute Gasteiger partial charge is 0.280 e. The lowest BCUT2D eigenvalue weighted by atomic mass is 10.0. The molecule has 0 aliphatic heterocycles. The topological polar surface area (TPSA) is 483 Å². The van der Waals surface area contributed by atoms with Crippen LogP contribution in [0.5, 0.6) is 5.75 Å². The molecule has 1 heterocycles. The van der Waals surface area contributed by atoms with E-state index in [4.69, 9.17) is 79.4 Å². The van der Waals surface area contributed by atoms with Gasteiger partial charge in [-0.25, -0.2) is 9.97 Å². The highest BCUT2D eigenvalue weighted by molar-refractivity contribution is 7.59. The Morgan fingerprint density at radius 1 is 0.542 bits per heavy atom. The summed E-state index contributed by atoms with van der Waals surface area (Å²) >= 11 is 5.87. The van der Waals surface area contributed by atoms with Gasteiger partial charge in [0.25, 0.3) is 5.91 Å². The van der Waals surface area contributed by atoms with Crippen molar-refractivity contribution in [3.63, 3.8) is 0 Å². The first-order valence-electron chi connectivity index (χ1n) is 27.6. The Balaban J connectivity index is -0.0000160. The van der Waals surface area contributed by atoms with Gasteiger partial charge in [0.15, 0.2) is 40.4 Å². The Kier molecular flexibility index (Phi) is 48.7. The molecule has 1 aromatic carbocycles. The highest BCUT2D eigenvalue weighted by atomic mass is 35.5. The summed E-state index contributed by atoms with van der Waals surface area (Å²) in [7, 11) is 0. The molecule has 0 aliphatic carbocycles. The number of aromatic nitrogens is 2. The fourth-order valence-corrected chi connectivity index (χ4v) is 8.27. The van der Waals surface area contributed by atoms with Gasteiger partial charge in [0, 0.05) is 52.1 Å². The SMILES string of the molecule is NC(N)=NCCCC[C@H](N)C(=O)CCCCC[C@H](N)C(=O)NCCCN(CCCNC(=O)[C@@H](N)CCCCCC(=O)[C@@H](N)CCCCN=C(N)N)CCOc1ccc(CCCCN=C(N)NC(=O)c2nc(Cl)c(N)nc2N)cc1.S.S.S.S. The molecule has 2 aromatic rings. The number of ketones is 2. The molecule has 4 atom stereocenters. The van der Waals surface area contributed by atoms with Crippen LogP contribution >= 0.6 is 65.6 Å². The van der Waals surface area contributed by atoms with E-state index in [-0.39, 0.29) is 118 Å². The van der Waals surface area contributed by atoms with Crippen LogP contribution in [0.3, 0.4) is 0 Å². The number of anilines is 2. The van der Waals surface area contributed by atoms with Crippen LogP contribution in [0.25, 0.3) is 0 Å². The number of carbonyl (C=O) groups is 5. The Morgan fingerprint density at radius 3 is 1.47 bits per heavy atom. The van der Waals surface area contributed by atoms with Crippen LogP contribution in [-0.4, -0.2) is 145 Å². The molecule has 0 radical (unpaired) electrons. The van der Waals surface area contributed by atoms with E-state index in [1.165, 1.54) is 0 Å². The second kappa shape index (κ2) is 49.2. The Hall–Kier alpha value is -5.05. The van der Waals surface area contributed by atoms with Gasteiger partial charge in [0.2, 0.25) is 11.8 Å². The molecule has 0 fully saturated rings. The van der Waals surface area contributed by atoms with Gasteiger partial charge in [-0.2, -0.15) is 54.0 Å². The molecule has 83 heavy (non-hydrogen) atoms. The number of benzene rings is 1. The third-order valence-corrected chi connectivity index (χ3v) is 13.1. The van der Waals surface area contributed by atoms with Crippen molar-refractivity contribution >= 4 is 124 Å². The van der Waals surface area contributed by atoms with E-state index in [0.29, 0.717) is 142 Å². The van der Waals surface area contributed by atoms with Crippen molar-refractivity contribution in [2.75, 3.05) is 70.4 Å². The summed E-state index contributed by atoms with van der Waals surface area (Å²) in [6, 6.07) is 5.53. The molecule has 476 valence electrons. The minimum Gasteiger partial charge on any atom is -0.492 e. The normalized spacial score (nSPS) is 12.3. The number of hydrogen-bond donors (Lipinski definition) is 14. The Morgan fingerprint density at radius 2 is 0.988 bits per heavy atom. The van der Waals surface area contributed by atoms with Crippen molar-refractivity contribution in [3.05, 3.63) is 40.7 Å². The minimum absolute atomic E-state index is 0. The number of guanidine groups is 3. The summed E-state index contributed by atoms with van der Waals surface area (Å²) in [4.78, 5) is 85.1. The molecule has 0 saturated carbocycles. The van der Waals surface area contributed by atoms with E-state index in [0.717, 1.165) is 62.7 Å². The minimum atomic E-state index is -0.703. The number of aliphatic imine (C=N–C) groups is 3. The second-order valence-corrected chi connectivity index (χ2v) is 20.0. The number of Topliss-reactive ketones (excluding diaryl/α,β-unsaturated/α-hetero) is 2. The molecule has 0 spiro atoms. The van der Waals surface area contributed by atoms with Crippen molar-refractivity contribution in [2.24, 2.45) is 66.6 Å². The maximum Gasteiger partial charge on any atom is 0.280 e. The summed E-state index contributed by atoms with van der Waals surface area (Å²) in [5, 5.41) is 8.20. The first kappa shape index (κ1) is 82.2. The maximum absolute atomic E-state index is 12.9. The summed E-state index contributed by atoms with van der Waals surface area (Å²) in [6.07, 6.45) is 14.0. The molecule has 0 aliphatic rings. The third kappa shape index (κ3) is 39.2. The maximum atomic E-state index is 12.9. The summed E-state index contributed by atoms with van der Waals surface area (Å²) in [5.74, 6) is -0.638. The fourth-order valence-electron chi connectivity index (χ4n) is 8.14. The molecule has 26 nitrogen and oxygen atoms in total. The number of nitrogen functional groups attached to an aromatic ring is 2. The number of rotatable bonds is 44. The number of nitrogens with one attached hydrogen (secondary N) is 3. The van der Waals surface area contributed by atoms with Crippen LogP contribution in [0.15, 0.2) is 39.2 Å². The van der Waals surface area contributed by atoms with Crippen molar-refractivity contribution in [3.8, 4) is 5.75 Å². The van der Waals surface area contributed by atoms with Crippen LogP contribution in [0.1, 0.15) is 144 Å². The van der Waals surface area contributed by atoms with E-state index in [9.17, 15) is 24.0 Å². The van der Waals surface area contributed by atoms with Crippen LogP contribution < -0.4 is 83.8 Å². The predicted octanol–water partition coefficient (Wildman–Crippen LogP) is 0.742. The number of unbranched alkanes of at least 4 members (excludes halogenated alkanes) is 7. The van der Waals surface area contributed by atoms with Gasteiger partial charge < -0.3 is 78.4 Å². The van der Waals surface area contributed by atoms with E-state index >= 15 is 0 Å². The summed E-state index contributed by atoms with van der Waals surface area (Å²) < 4.78 is 6.13. The van der Waals surface area contributed by atoms with Crippen molar-refractivity contribution in [1.82, 2.24) is 30.8 Å². The van der Waals surface area contributed by atoms with Gasteiger partial charge in [-0.3, -0.25) is 49.2 Å². The van der Waals surface area contributed by atoms with Gasteiger partial charge in [-0.15, -0.1) is 0 Å². The van der Waals surface area contributed by atoms with Gasteiger partial charge >= 0.3 is 0 Å². The zero-order chi connectivity index (χ0) is 58.4. The lowest BCUT2D eigenvalue weighted by Crippen LogP contribution is -2.42. The summed E-state index contributed by atoms with van der Waals surface area (Å²) in [5.41, 5.74) is 64.1. The van der Waals surface area contributed by atoms with E-state index < -0.39 is 30.1 Å². The average Bonchev–Trinajstić information content (AvgIpc) is 3.42. The molecule has 0 saturated heterocycles. The van der Waals surface area contributed by atoms with Crippen LogP contribution in [-0.2, 0) is 25.6 Å². The molecule has 0 unspecified atom stereocenters. The first-order valence-corrected chi connectivity index (χ1v) is 28.0. The van der Waals surface area contributed by atoms with Gasteiger partial charge in [0.05, 0.1) is 24.2 Å². The zero-order valence-corrected chi connectivity index (χ0v) is 52.9. The van der Waals surface area contributed by atoms with E-state index in [2.05, 4.69) is 45.8 Å². The average molecular weight is 1270 g/mol. The third-order valence-electron chi connectivity index (χ3n) is 12.8. The molecule has 31 heteroatoms. The van der Waals surface area contributed by atoms with Crippen LogP contribution in [0.4, 0.5) is 11.6 Å². The molecule has 2 rings (SSSR count). The second-order valence-electron chi connectivity index (χ2n) is 19.6. The number of aryl methyl sites for hydroxylation is 1. The predicted molar refractivity (Wildman–Crippen MR) is 355 cm³/mol. The molecular weight excluding hydrogens is 1160 g/mol. The molecular formula is C52H101ClN20O6S4. The van der Waals surface area contributed by atoms with Crippen molar-refractivity contribution in [2.45, 2.75) is 159 Å². The molecule has 3 amide bonds. The van der Waals surface area contributed by atoms with Gasteiger partial charge in [0.1, 0.15) is 23.9 Å². The number of nitrogens with zero attached hydrogens (tertiary/aromatic N) is 6. The van der Waals surface area contributed by atoms with Gasteiger partial charge in [-0.05, 0) is 127 Å². The lowest BCUT2D eigenvalue weighted by Gasteiger charge is -2.23. The van der Waals surface area contributed by atoms with E-state index in [1.807, 2.05) is 24.3 Å². The number of halogens is 1. The van der Waals surface area contributed by atoms with Crippen molar-refractivity contribution < 1.29 is 28.7 Å². The Bertz CT molecular complexity index is 2160. The quantitative estimate of drug-likeness (QED) is 0.0247. The number of hydrogen-bond acceptors (Lipinski definition) is 18. The standard InChI is InChI=1S/C52H93ClN20O6.4H2S/c53-44-46(59)71-45(58)43(70-44)49(78)72-52(64)69-28-10-7-15-35-22-24-36(25-23-35)79-34-33-73(31-13-29-65-47(76)39(56)18-3-1-5-20-41(74)37(54)16-8-11-26-67-50(60)61)32-14-30-66-48(77)40(57)19-4-2-6-21-42(75)38(55)17-9-12-27-68-51(62)63;;;;/h22-25,37-40H,1-21,26-34,54-57H2,(H,65,76)(H,66,77)(H4,58,59,71)(H4,60,61,67)(H4,62,63,68)(H3,64,69,72,78);4*1H2/t37-,38-,39-,40-;;;;/m0..../s1. The highest BCUT2D eigenvalue weighted by Crippen LogP contribution is 2.18. The summed E-state index contributed by atoms with van der Waals surface area (Å²) in [6.45, 7) is 4.59. The molecule has 1 aromatic heterocycles. The number of carbonyl (C=O) groups excluding carboxylic acids is 5. The molecule has 25 N–H and O–H groups in total. The van der Waals surface area contributed by atoms with Crippen LogP contribution in [0.2, 0.25) is 5.15 Å². The number of nitrogens with two attached hydrogens (primary N) is 11. The molecule has 0 bridgehead atoms. The fraction of sp³-hybridized carbons (Fsp3) is 0.654. The first-order chi connectivity index (χ1) is 37.8. The highest BCUT2D eigenvalue weighted by Gasteiger charge is 2.19. The largest absolute Gasteiger partial charge is 0.492 e. The van der Waals surface area contributed by atoms with Gasteiger partial charge in [-0.1, -0.05) is 49.4 Å². The van der Waals surface area contributed by atoms with E-state index in [1.54, 1.807) is 0 Å². The zero-order valence-electron chi connectivity index (χ0n) is 48.2. The number of amides is 3. The lowest BCUT2D eigenvalue weighted by molar-refractivity contribution is -0.123. The Labute approximate surface area is 523 Å². The number of ether oxygens (including phenoxy) is 1.